The fraction of sp³-hybridized carbons (Fsp3) is 0.920. The highest BCUT2D eigenvalue weighted by Gasteiger charge is 2.50. The largest absolute Gasteiger partial charge is 0.462 e. The minimum absolute atomic E-state index is 0.199. The van der Waals surface area contributed by atoms with Crippen LogP contribution in [0.4, 0.5) is 0 Å². The van der Waals surface area contributed by atoms with Crippen molar-refractivity contribution in [1.29, 1.82) is 0 Å². The van der Waals surface area contributed by atoms with Crippen LogP contribution >= 0.6 is 0 Å². The van der Waals surface area contributed by atoms with E-state index >= 15 is 0 Å². The first-order valence-corrected chi connectivity index (χ1v) is 23.7. The molecule has 3 heterocycles. The van der Waals surface area contributed by atoms with Crippen molar-refractivity contribution in [2.45, 2.75) is 245 Å². The first-order chi connectivity index (χ1) is 28.0. The number of piperidine rings is 3. The molecule has 0 aromatic rings. The lowest BCUT2D eigenvalue weighted by molar-refractivity contribution is -0.180. The molecule has 0 radical (unpaired) electrons. The van der Waals surface area contributed by atoms with E-state index in [1.165, 1.54) is 0 Å². The second-order valence-electron chi connectivity index (χ2n) is 24.3. The van der Waals surface area contributed by atoms with Gasteiger partial charge in [0.1, 0.15) is 24.4 Å². The molecule has 0 aromatic heterocycles. The number of carbonyl (C=O) groups excluding carboxylic acids is 4. The third-order valence-electron chi connectivity index (χ3n) is 16.1. The Labute approximate surface area is 378 Å². The SMILES string of the molecule is CCC1(C)CC(OC(=O)CC(C(=O)OC2CC(C)(C)N(C)C(C)(C)C2)C(CC(=O)OC2CC(C)(C)N(C)C(C)(C)C2)C(=O)OC(CC(C)C)CC(C)(C)N(C)C)CC(C)(C)N1C. The summed E-state index contributed by atoms with van der Waals surface area (Å²) in [6.45, 7) is 34.1. The molecule has 12 heteroatoms. The maximum Gasteiger partial charge on any atom is 0.310 e. The number of nitrogens with zero attached hydrogens (tertiary/aromatic N) is 4. The van der Waals surface area contributed by atoms with E-state index in [1.54, 1.807) is 0 Å². The highest BCUT2D eigenvalue weighted by atomic mass is 16.6. The summed E-state index contributed by atoms with van der Waals surface area (Å²) in [7, 11) is 10.3. The highest BCUT2D eigenvalue weighted by Crippen LogP contribution is 2.43. The van der Waals surface area contributed by atoms with Gasteiger partial charge in [-0.1, -0.05) is 20.8 Å². The van der Waals surface area contributed by atoms with Crippen molar-refractivity contribution in [3.8, 4) is 0 Å². The van der Waals surface area contributed by atoms with Crippen molar-refractivity contribution in [3.63, 3.8) is 0 Å². The third-order valence-corrected chi connectivity index (χ3v) is 16.1. The fourth-order valence-corrected chi connectivity index (χ4v) is 10.9. The summed E-state index contributed by atoms with van der Waals surface area (Å²) in [6, 6.07) is 0. The molecule has 5 unspecified atom stereocenters. The van der Waals surface area contributed by atoms with Crippen LogP contribution in [-0.4, -0.2) is 142 Å². The minimum Gasteiger partial charge on any atom is -0.462 e. The minimum atomic E-state index is -1.35. The van der Waals surface area contributed by atoms with Crippen molar-refractivity contribution >= 4 is 23.9 Å². The van der Waals surface area contributed by atoms with Crippen molar-refractivity contribution in [1.82, 2.24) is 19.6 Å². The molecule has 360 valence electrons. The Kier molecular flexibility index (Phi) is 17.2. The van der Waals surface area contributed by atoms with Gasteiger partial charge in [-0.05, 0) is 144 Å². The van der Waals surface area contributed by atoms with Gasteiger partial charge in [-0.2, -0.15) is 0 Å². The Balaban J connectivity index is 2.11. The zero-order valence-electron chi connectivity index (χ0n) is 43.4. The molecule has 3 rings (SSSR count). The molecule has 0 aliphatic carbocycles. The lowest BCUT2D eigenvalue weighted by atomic mass is 9.76. The molecule has 0 N–H and O–H groups in total. The number of likely N-dealkylation sites (tertiary alicyclic amines) is 3. The van der Waals surface area contributed by atoms with Crippen LogP contribution in [0.25, 0.3) is 0 Å². The van der Waals surface area contributed by atoms with Crippen LogP contribution in [0.15, 0.2) is 0 Å². The van der Waals surface area contributed by atoms with Crippen LogP contribution in [0.3, 0.4) is 0 Å². The molecule has 3 fully saturated rings. The highest BCUT2D eigenvalue weighted by molar-refractivity contribution is 5.88. The molecule has 0 aromatic carbocycles. The van der Waals surface area contributed by atoms with Gasteiger partial charge in [0.2, 0.25) is 0 Å². The smallest absolute Gasteiger partial charge is 0.310 e. The Hall–Kier alpha value is -2.28. The Morgan fingerprint density at radius 3 is 1.32 bits per heavy atom. The average molecular weight is 877 g/mol. The van der Waals surface area contributed by atoms with Crippen LogP contribution in [0.2, 0.25) is 0 Å². The second-order valence-corrected chi connectivity index (χ2v) is 24.3. The number of carbonyl (C=O) groups is 4. The van der Waals surface area contributed by atoms with E-state index in [2.05, 4.69) is 152 Å². The van der Waals surface area contributed by atoms with Gasteiger partial charge in [-0.25, -0.2) is 0 Å². The Morgan fingerprint density at radius 2 is 0.952 bits per heavy atom. The molecule has 12 nitrogen and oxygen atoms in total. The normalized spacial score (nSPS) is 27.3. The molecular formula is C50H92N4O8. The van der Waals surface area contributed by atoms with E-state index < -0.39 is 73.0 Å². The summed E-state index contributed by atoms with van der Waals surface area (Å²) >= 11 is 0. The van der Waals surface area contributed by atoms with E-state index in [0.29, 0.717) is 51.4 Å². The second kappa shape index (κ2) is 19.7. The van der Waals surface area contributed by atoms with E-state index in [1.807, 2.05) is 14.1 Å². The maximum atomic E-state index is 14.9. The number of hydrogen-bond acceptors (Lipinski definition) is 12. The number of hydrogen-bond donors (Lipinski definition) is 0. The summed E-state index contributed by atoms with van der Waals surface area (Å²) < 4.78 is 25.4. The topological polar surface area (TPSA) is 118 Å². The molecule has 3 saturated heterocycles. The van der Waals surface area contributed by atoms with E-state index in [4.69, 9.17) is 18.9 Å². The lowest BCUT2D eigenvalue weighted by Gasteiger charge is -2.54. The predicted molar refractivity (Wildman–Crippen MR) is 248 cm³/mol. The van der Waals surface area contributed by atoms with Gasteiger partial charge in [0.25, 0.3) is 0 Å². The van der Waals surface area contributed by atoms with Crippen LogP contribution < -0.4 is 0 Å². The van der Waals surface area contributed by atoms with Crippen LogP contribution in [-0.2, 0) is 38.1 Å². The monoisotopic (exact) mass is 877 g/mol. The van der Waals surface area contributed by atoms with Gasteiger partial charge >= 0.3 is 23.9 Å². The Bertz CT molecular complexity index is 1530. The average Bonchev–Trinajstić information content (AvgIpc) is 3.08. The van der Waals surface area contributed by atoms with Gasteiger partial charge in [-0.15, -0.1) is 0 Å². The summed E-state index contributed by atoms with van der Waals surface area (Å²) in [5.41, 5.74) is -1.89. The van der Waals surface area contributed by atoms with Gasteiger partial charge in [0.05, 0.1) is 24.7 Å². The summed E-state index contributed by atoms with van der Waals surface area (Å²) in [5, 5.41) is 0. The predicted octanol–water partition coefficient (Wildman–Crippen LogP) is 8.66. The van der Waals surface area contributed by atoms with E-state index in [0.717, 1.165) is 6.42 Å². The van der Waals surface area contributed by atoms with Crippen molar-refractivity contribution in [3.05, 3.63) is 0 Å². The molecule has 0 spiro atoms. The maximum absolute atomic E-state index is 14.9. The molecule has 3 aliphatic rings. The van der Waals surface area contributed by atoms with Gasteiger partial charge in [0.15, 0.2) is 0 Å². The van der Waals surface area contributed by atoms with Crippen LogP contribution in [0, 0.1) is 17.8 Å². The number of ether oxygens (including phenoxy) is 4. The number of rotatable bonds is 17. The lowest BCUT2D eigenvalue weighted by Crippen LogP contribution is -2.61. The Morgan fingerprint density at radius 1 is 0.597 bits per heavy atom. The third kappa shape index (κ3) is 13.4. The summed E-state index contributed by atoms with van der Waals surface area (Å²) in [5.74, 6) is -5.11. The fourth-order valence-electron chi connectivity index (χ4n) is 10.9. The van der Waals surface area contributed by atoms with Crippen molar-refractivity contribution in [2.75, 3.05) is 35.2 Å². The van der Waals surface area contributed by atoms with E-state index in [9.17, 15) is 19.2 Å². The first-order valence-electron chi connectivity index (χ1n) is 23.7. The van der Waals surface area contributed by atoms with Crippen LogP contribution in [0.5, 0.6) is 0 Å². The number of esters is 4. The molecule has 0 amide bonds. The molecular weight excluding hydrogens is 785 g/mol. The molecule has 62 heavy (non-hydrogen) atoms. The first kappa shape index (κ1) is 54.1. The molecule has 5 atom stereocenters. The standard InChI is InChI=1S/C50H92N4O8/c1-22-50(16)32-37(31-49(14,15)54(50)21)60-41(56)25-39(43(58)62-36-29-47(10,11)53(20)48(12,13)30-36)38(42(57)61-34(23-33(2)3)26-44(4,5)51(17)18)24-40(55)59-35-27-45(6,7)52(19)46(8,9)28-35/h33-39H,22-32H2,1-21H3. The zero-order valence-corrected chi connectivity index (χ0v) is 43.4. The van der Waals surface area contributed by atoms with Crippen molar-refractivity contribution < 1.29 is 38.1 Å². The van der Waals surface area contributed by atoms with Crippen LogP contribution in [0.1, 0.15) is 181 Å². The molecule has 0 saturated carbocycles. The summed E-state index contributed by atoms with van der Waals surface area (Å²) in [4.78, 5) is 67.6. The van der Waals surface area contributed by atoms with Crippen molar-refractivity contribution in [2.24, 2.45) is 17.8 Å². The van der Waals surface area contributed by atoms with Gasteiger partial charge in [0, 0.05) is 83.7 Å². The molecule has 3 aliphatic heterocycles. The zero-order chi connectivity index (χ0) is 47.8. The van der Waals surface area contributed by atoms with Gasteiger partial charge < -0.3 is 23.8 Å². The summed E-state index contributed by atoms with van der Waals surface area (Å²) in [6.07, 6.45) is 2.86. The van der Waals surface area contributed by atoms with Gasteiger partial charge in [-0.3, -0.25) is 33.9 Å². The molecule has 0 bridgehead atoms. The quantitative estimate of drug-likeness (QED) is 0.103. The van der Waals surface area contributed by atoms with E-state index in [-0.39, 0.29) is 44.7 Å².